The van der Waals surface area contributed by atoms with Gasteiger partial charge in [0.1, 0.15) is 5.01 Å². The predicted molar refractivity (Wildman–Crippen MR) is 114 cm³/mol. The third kappa shape index (κ3) is 4.72. The Hall–Kier alpha value is -3.08. The lowest BCUT2D eigenvalue weighted by atomic mass is 10.1. The molecule has 3 aromatic rings. The molecule has 0 unspecified atom stereocenters. The molecule has 0 radical (unpaired) electrons. The Morgan fingerprint density at radius 3 is 2.47 bits per heavy atom. The molecule has 1 N–H and O–H groups in total. The highest BCUT2D eigenvalue weighted by atomic mass is 32.1. The summed E-state index contributed by atoms with van der Waals surface area (Å²) >= 11 is 1.21. The molecule has 0 atom stereocenters. The van der Waals surface area contributed by atoms with Crippen LogP contribution in [0.15, 0.2) is 24.3 Å². The smallest absolute Gasteiger partial charge is 0.294 e. The van der Waals surface area contributed by atoms with Crippen LogP contribution in [0.5, 0.6) is 0 Å². The van der Waals surface area contributed by atoms with Crippen LogP contribution in [0.3, 0.4) is 0 Å². The number of aromatic nitrogens is 4. The highest BCUT2D eigenvalue weighted by Crippen LogP contribution is 2.31. The van der Waals surface area contributed by atoms with Gasteiger partial charge in [0.2, 0.25) is 5.13 Å². The van der Waals surface area contributed by atoms with Crippen LogP contribution in [-0.4, -0.2) is 31.7 Å². The summed E-state index contributed by atoms with van der Waals surface area (Å²) in [6.45, 7) is 7.11. The van der Waals surface area contributed by atoms with Crippen LogP contribution in [-0.2, 0) is 11.0 Å². The lowest BCUT2D eigenvalue weighted by Crippen LogP contribution is -2.24. The number of nitrogens with one attached hydrogen (secondary N) is 1. The number of carbonyl (C=O) groups excluding carboxylic acids is 2. The average Bonchev–Trinajstić information content (AvgIpc) is 3.32. The second-order valence-electron chi connectivity index (χ2n) is 7.25. The van der Waals surface area contributed by atoms with Crippen molar-refractivity contribution in [2.75, 3.05) is 5.32 Å². The first-order valence-electron chi connectivity index (χ1n) is 9.99. The van der Waals surface area contributed by atoms with E-state index in [4.69, 9.17) is 0 Å². The number of amides is 1. The average molecular weight is 466 g/mol. The van der Waals surface area contributed by atoms with Crippen LogP contribution in [0.1, 0.15) is 64.9 Å². The van der Waals surface area contributed by atoms with Crippen molar-refractivity contribution in [1.29, 1.82) is 0 Å². The molecular weight excluding hydrogens is 443 g/mol. The Balaban J connectivity index is 1.86. The normalized spacial score (nSPS) is 11.8. The second-order valence-corrected chi connectivity index (χ2v) is 8.26. The topological polar surface area (TPSA) is 89.8 Å². The molecule has 1 amide bonds. The van der Waals surface area contributed by atoms with Gasteiger partial charge in [-0.3, -0.25) is 14.9 Å². The van der Waals surface area contributed by atoms with Crippen molar-refractivity contribution in [2.45, 2.75) is 52.6 Å². The molecule has 11 heteroatoms. The maximum atomic E-state index is 13.1. The van der Waals surface area contributed by atoms with Crippen LogP contribution >= 0.6 is 11.3 Å². The van der Waals surface area contributed by atoms with Crippen LogP contribution in [0, 0.1) is 13.8 Å². The maximum Gasteiger partial charge on any atom is 0.416 e. The number of hydrogen-bond donors (Lipinski definition) is 1. The van der Waals surface area contributed by atoms with Crippen molar-refractivity contribution < 1.29 is 22.8 Å². The summed E-state index contributed by atoms with van der Waals surface area (Å²) in [5.74, 6) is -1.53. The van der Waals surface area contributed by atoms with Gasteiger partial charge >= 0.3 is 6.18 Å². The van der Waals surface area contributed by atoms with E-state index in [1.165, 1.54) is 42.0 Å². The van der Waals surface area contributed by atoms with Crippen LogP contribution in [0.2, 0.25) is 0 Å². The molecule has 2 heterocycles. The molecule has 32 heavy (non-hydrogen) atoms. The third-order valence-electron chi connectivity index (χ3n) is 5.14. The maximum absolute atomic E-state index is 13.1. The Morgan fingerprint density at radius 1 is 1.16 bits per heavy atom. The van der Waals surface area contributed by atoms with Gasteiger partial charge in [-0.05, 0) is 44.9 Å². The number of halogens is 3. The molecule has 3 rings (SSSR count). The summed E-state index contributed by atoms with van der Waals surface area (Å²) < 4.78 is 40.4. The Morgan fingerprint density at radius 2 is 1.84 bits per heavy atom. The predicted octanol–water partition coefficient (Wildman–Crippen LogP) is 5.08. The van der Waals surface area contributed by atoms with E-state index in [1.807, 2.05) is 13.8 Å². The van der Waals surface area contributed by atoms with Gasteiger partial charge < -0.3 is 0 Å². The van der Waals surface area contributed by atoms with Crippen molar-refractivity contribution in [3.05, 3.63) is 51.8 Å². The van der Waals surface area contributed by atoms with Crippen molar-refractivity contribution in [3.63, 3.8) is 0 Å². The van der Waals surface area contributed by atoms with E-state index in [-0.39, 0.29) is 33.7 Å². The molecular formula is C21H22F3N5O2S. The zero-order valence-corrected chi connectivity index (χ0v) is 18.8. The van der Waals surface area contributed by atoms with Gasteiger partial charge in [0.05, 0.1) is 28.2 Å². The first kappa shape index (κ1) is 23.6. The van der Waals surface area contributed by atoms with Gasteiger partial charge in [-0.2, -0.15) is 18.3 Å². The number of nitrogens with zero attached hydrogens (tertiary/aromatic N) is 4. The van der Waals surface area contributed by atoms with E-state index in [2.05, 4.69) is 20.6 Å². The molecule has 2 aromatic heterocycles. The summed E-state index contributed by atoms with van der Waals surface area (Å²) in [5.41, 5.74) is -0.173. The number of benzene rings is 1. The van der Waals surface area contributed by atoms with E-state index in [0.29, 0.717) is 0 Å². The Kier molecular flexibility index (Phi) is 6.77. The molecule has 0 aliphatic carbocycles. The van der Waals surface area contributed by atoms with Gasteiger partial charge in [0, 0.05) is 5.92 Å². The summed E-state index contributed by atoms with van der Waals surface area (Å²) in [5, 5.41) is 15.7. The first-order valence-corrected chi connectivity index (χ1v) is 10.8. The molecule has 0 fully saturated rings. The fourth-order valence-electron chi connectivity index (χ4n) is 3.39. The minimum absolute atomic E-state index is 0.0321. The second kappa shape index (κ2) is 9.19. The number of carbonyl (C=O) groups is 2. The molecule has 170 valence electrons. The highest BCUT2D eigenvalue weighted by Gasteiger charge is 2.31. The van der Waals surface area contributed by atoms with E-state index in [1.54, 1.807) is 0 Å². The number of alkyl halides is 3. The van der Waals surface area contributed by atoms with Crippen molar-refractivity contribution >= 4 is 28.2 Å². The minimum Gasteiger partial charge on any atom is -0.294 e. The number of ketones is 1. The molecule has 0 saturated heterocycles. The molecule has 0 aliphatic rings. The molecule has 1 aromatic carbocycles. The van der Waals surface area contributed by atoms with Gasteiger partial charge in [-0.25, -0.2) is 4.68 Å². The molecule has 7 nitrogen and oxygen atoms in total. The summed E-state index contributed by atoms with van der Waals surface area (Å²) in [6.07, 6.45) is -2.75. The highest BCUT2D eigenvalue weighted by molar-refractivity contribution is 7.15. The fourth-order valence-corrected chi connectivity index (χ4v) is 4.40. The fraction of sp³-hybridized carbons (Fsp3) is 0.381. The van der Waals surface area contributed by atoms with Gasteiger partial charge in [0.25, 0.3) is 11.7 Å². The van der Waals surface area contributed by atoms with E-state index >= 15 is 0 Å². The van der Waals surface area contributed by atoms with Crippen molar-refractivity contribution in [1.82, 2.24) is 20.0 Å². The summed E-state index contributed by atoms with van der Waals surface area (Å²) in [4.78, 5) is 25.4. The zero-order valence-electron chi connectivity index (χ0n) is 17.9. The Labute approximate surface area is 186 Å². The summed E-state index contributed by atoms with van der Waals surface area (Å²) in [6, 6.07) is 4.60. The van der Waals surface area contributed by atoms with E-state index in [9.17, 15) is 22.8 Å². The third-order valence-corrected chi connectivity index (χ3v) is 6.14. The standard InChI is InChI=1S/C21H22F3N5O2S/c1-5-13(6-2)19-26-27-20(32-19)25-18(31)17(30)16-11(3)28-29(12(16)4)15-9-7-8-14(10-15)21(22,23)24/h7-10,13H,5-6H2,1-4H3,(H,25,27,31). The molecule has 0 spiro atoms. The minimum atomic E-state index is -4.51. The van der Waals surface area contributed by atoms with Crippen LogP contribution in [0.4, 0.5) is 18.3 Å². The van der Waals surface area contributed by atoms with Crippen LogP contribution in [0.25, 0.3) is 5.69 Å². The van der Waals surface area contributed by atoms with Crippen LogP contribution < -0.4 is 5.32 Å². The first-order chi connectivity index (χ1) is 15.1. The lowest BCUT2D eigenvalue weighted by Gasteiger charge is -2.10. The lowest BCUT2D eigenvalue weighted by molar-refractivity contribution is -0.137. The zero-order chi connectivity index (χ0) is 23.6. The largest absolute Gasteiger partial charge is 0.416 e. The number of rotatable bonds is 7. The molecule has 0 saturated carbocycles. The van der Waals surface area contributed by atoms with Crippen molar-refractivity contribution in [3.8, 4) is 5.69 Å². The monoisotopic (exact) mass is 465 g/mol. The Bertz CT molecular complexity index is 1150. The van der Waals surface area contributed by atoms with E-state index < -0.39 is 23.4 Å². The number of aryl methyl sites for hydroxylation is 1. The molecule has 0 aliphatic heterocycles. The summed E-state index contributed by atoms with van der Waals surface area (Å²) in [7, 11) is 0. The SMILES string of the molecule is CCC(CC)c1nnc(NC(=O)C(=O)c2c(C)nn(-c3cccc(C(F)(F)F)c3)c2C)s1. The van der Waals surface area contributed by atoms with E-state index in [0.717, 1.165) is 30.0 Å². The molecule has 0 bridgehead atoms. The number of hydrogen-bond acceptors (Lipinski definition) is 6. The number of Topliss-reactive ketones (excluding diaryl/α,β-unsaturated/α-hetero) is 1. The quantitative estimate of drug-likeness (QED) is 0.388. The van der Waals surface area contributed by atoms with Gasteiger partial charge in [-0.15, -0.1) is 10.2 Å². The number of anilines is 1. The van der Waals surface area contributed by atoms with Crippen molar-refractivity contribution in [2.24, 2.45) is 0 Å². The van der Waals surface area contributed by atoms with Gasteiger partial charge in [0.15, 0.2) is 0 Å². The van der Waals surface area contributed by atoms with Gasteiger partial charge in [-0.1, -0.05) is 31.3 Å².